The van der Waals surface area contributed by atoms with Crippen molar-refractivity contribution in [3.05, 3.63) is 56.4 Å². The van der Waals surface area contributed by atoms with E-state index in [0.29, 0.717) is 15.6 Å². The number of hydrogen-bond donors (Lipinski definition) is 2. The first-order valence-electron chi connectivity index (χ1n) is 5.36. The lowest BCUT2D eigenvalue weighted by Gasteiger charge is -2.05. The van der Waals surface area contributed by atoms with Gasteiger partial charge in [-0.2, -0.15) is 0 Å². The lowest BCUT2D eigenvalue weighted by molar-refractivity contribution is -0.136. The van der Waals surface area contributed by atoms with E-state index >= 15 is 0 Å². The highest BCUT2D eigenvalue weighted by Gasteiger charge is 2.08. The van der Waals surface area contributed by atoms with Crippen molar-refractivity contribution < 1.29 is 9.90 Å². The molecular weight excluding hydrogens is 289 g/mol. The Kier molecular flexibility index (Phi) is 3.93. The molecule has 0 saturated heterocycles. The predicted molar refractivity (Wildman–Crippen MR) is 73.9 cm³/mol. The standard InChI is InChI=1S/C13H9Cl2NO3/c14-10-2-1-7(4-11(10)15)9-3-8(5-12(17)18)13(19)16-6-9/h1-4,6H,5H2,(H,16,19)(H,17,18). The summed E-state index contributed by atoms with van der Waals surface area (Å²) in [6, 6.07) is 6.57. The minimum absolute atomic E-state index is 0.191. The molecule has 6 heteroatoms. The fourth-order valence-electron chi connectivity index (χ4n) is 1.67. The molecule has 2 rings (SSSR count). The van der Waals surface area contributed by atoms with Gasteiger partial charge in [0.15, 0.2) is 0 Å². The van der Waals surface area contributed by atoms with Crippen molar-refractivity contribution in [1.29, 1.82) is 0 Å². The van der Waals surface area contributed by atoms with Gasteiger partial charge in [-0.15, -0.1) is 0 Å². The van der Waals surface area contributed by atoms with E-state index in [4.69, 9.17) is 28.3 Å². The van der Waals surface area contributed by atoms with Gasteiger partial charge in [-0.3, -0.25) is 9.59 Å². The highest BCUT2D eigenvalue weighted by molar-refractivity contribution is 6.42. The van der Waals surface area contributed by atoms with Crippen molar-refractivity contribution in [2.75, 3.05) is 0 Å². The second-order valence-electron chi connectivity index (χ2n) is 3.94. The summed E-state index contributed by atoms with van der Waals surface area (Å²) >= 11 is 11.7. The van der Waals surface area contributed by atoms with Gasteiger partial charge in [-0.05, 0) is 29.3 Å². The third-order valence-electron chi connectivity index (χ3n) is 2.57. The van der Waals surface area contributed by atoms with Crippen LogP contribution in [0.3, 0.4) is 0 Å². The highest BCUT2D eigenvalue weighted by Crippen LogP contribution is 2.28. The minimum atomic E-state index is -1.06. The van der Waals surface area contributed by atoms with Crippen molar-refractivity contribution in [2.24, 2.45) is 0 Å². The maximum absolute atomic E-state index is 11.5. The van der Waals surface area contributed by atoms with E-state index in [-0.39, 0.29) is 12.0 Å². The Morgan fingerprint density at radius 1 is 1.16 bits per heavy atom. The van der Waals surface area contributed by atoms with Crippen molar-refractivity contribution in [2.45, 2.75) is 6.42 Å². The van der Waals surface area contributed by atoms with Crippen LogP contribution in [0.5, 0.6) is 0 Å². The van der Waals surface area contributed by atoms with Crippen molar-refractivity contribution in [3.8, 4) is 11.1 Å². The summed E-state index contributed by atoms with van der Waals surface area (Å²) < 4.78 is 0. The van der Waals surface area contributed by atoms with Crippen LogP contribution in [0.1, 0.15) is 5.56 Å². The Morgan fingerprint density at radius 2 is 1.89 bits per heavy atom. The zero-order valence-corrected chi connectivity index (χ0v) is 11.1. The van der Waals surface area contributed by atoms with E-state index in [0.717, 1.165) is 5.56 Å². The lowest BCUT2D eigenvalue weighted by atomic mass is 10.0. The maximum Gasteiger partial charge on any atom is 0.308 e. The Balaban J connectivity index is 2.48. The fraction of sp³-hybridized carbons (Fsp3) is 0.0769. The van der Waals surface area contributed by atoms with Gasteiger partial charge in [-0.1, -0.05) is 29.3 Å². The Bertz CT molecular complexity index is 695. The number of pyridine rings is 1. The van der Waals surface area contributed by atoms with E-state index in [2.05, 4.69) is 4.98 Å². The van der Waals surface area contributed by atoms with Crippen LogP contribution in [-0.4, -0.2) is 16.1 Å². The van der Waals surface area contributed by atoms with Gasteiger partial charge in [0.1, 0.15) is 0 Å². The summed E-state index contributed by atoms with van der Waals surface area (Å²) in [4.78, 5) is 24.7. The quantitative estimate of drug-likeness (QED) is 0.915. The van der Waals surface area contributed by atoms with E-state index in [1.807, 2.05) is 0 Å². The Morgan fingerprint density at radius 3 is 2.53 bits per heavy atom. The monoisotopic (exact) mass is 297 g/mol. The molecule has 0 aliphatic carbocycles. The van der Waals surface area contributed by atoms with Crippen LogP contribution in [0.15, 0.2) is 35.3 Å². The van der Waals surface area contributed by atoms with Crippen LogP contribution in [0, 0.1) is 0 Å². The molecule has 2 N–H and O–H groups in total. The van der Waals surface area contributed by atoms with Crippen LogP contribution >= 0.6 is 23.2 Å². The smallest absolute Gasteiger partial charge is 0.308 e. The molecule has 0 fully saturated rings. The summed E-state index contributed by atoms with van der Waals surface area (Å²) in [5.41, 5.74) is 1.20. The van der Waals surface area contributed by atoms with Gasteiger partial charge in [0.05, 0.1) is 16.5 Å². The molecule has 0 atom stereocenters. The number of aliphatic carboxylic acids is 1. The van der Waals surface area contributed by atoms with Crippen LogP contribution in [-0.2, 0) is 11.2 Å². The van der Waals surface area contributed by atoms with Gasteiger partial charge in [0.2, 0.25) is 0 Å². The lowest BCUT2D eigenvalue weighted by Crippen LogP contribution is -2.15. The van der Waals surface area contributed by atoms with Crippen molar-refractivity contribution in [1.82, 2.24) is 4.98 Å². The number of carboxylic acids is 1. The molecule has 0 aliphatic rings. The number of carboxylic acid groups (broad SMARTS) is 1. The molecule has 0 unspecified atom stereocenters. The molecule has 98 valence electrons. The molecule has 0 aliphatic heterocycles. The van der Waals surface area contributed by atoms with Gasteiger partial charge in [0, 0.05) is 11.8 Å². The molecular formula is C13H9Cl2NO3. The molecule has 0 spiro atoms. The van der Waals surface area contributed by atoms with Crippen LogP contribution in [0.4, 0.5) is 0 Å². The number of aromatic amines is 1. The number of rotatable bonds is 3. The normalized spacial score (nSPS) is 10.4. The molecule has 0 radical (unpaired) electrons. The van der Waals surface area contributed by atoms with E-state index in [1.54, 1.807) is 18.2 Å². The number of hydrogen-bond acceptors (Lipinski definition) is 2. The summed E-state index contributed by atoms with van der Waals surface area (Å²) in [5, 5.41) is 9.57. The van der Waals surface area contributed by atoms with Gasteiger partial charge >= 0.3 is 5.97 Å². The zero-order valence-electron chi connectivity index (χ0n) is 9.61. The van der Waals surface area contributed by atoms with Gasteiger partial charge in [-0.25, -0.2) is 0 Å². The Hall–Kier alpha value is -1.78. The Labute approximate surface area is 118 Å². The first-order chi connectivity index (χ1) is 8.97. The average molecular weight is 298 g/mol. The minimum Gasteiger partial charge on any atom is -0.481 e. The summed E-state index contributed by atoms with van der Waals surface area (Å²) in [6.45, 7) is 0. The number of halogens is 2. The molecule has 0 bridgehead atoms. The fourth-order valence-corrected chi connectivity index (χ4v) is 1.97. The molecule has 1 aromatic carbocycles. The number of H-pyrrole nitrogens is 1. The third-order valence-corrected chi connectivity index (χ3v) is 3.31. The second-order valence-corrected chi connectivity index (χ2v) is 4.76. The zero-order chi connectivity index (χ0) is 14.0. The summed E-state index contributed by atoms with van der Waals surface area (Å²) in [7, 11) is 0. The molecule has 1 aromatic heterocycles. The molecule has 19 heavy (non-hydrogen) atoms. The molecule has 0 amide bonds. The summed E-state index contributed by atoms with van der Waals surface area (Å²) in [5.74, 6) is -1.06. The first-order valence-corrected chi connectivity index (χ1v) is 6.12. The summed E-state index contributed by atoms with van der Waals surface area (Å²) in [6.07, 6.45) is 1.18. The van der Waals surface area contributed by atoms with Crippen molar-refractivity contribution >= 4 is 29.2 Å². The van der Waals surface area contributed by atoms with Crippen LogP contribution < -0.4 is 5.56 Å². The van der Waals surface area contributed by atoms with Crippen LogP contribution in [0.2, 0.25) is 10.0 Å². The van der Waals surface area contributed by atoms with E-state index < -0.39 is 11.5 Å². The number of benzene rings is 1. The molecule has 1 heterocycles. The largest absolute Gasteiger partial charge is 0.481 e. The number of nitrogens with one attached hydrogen (secondary N) is 1. The first kappa shape index (κ1) is 13.6. The third kappa shape index (κ3) is 3.16. The molecule has 2 aromatic rings. The maximum atomic E-state index is 11.5. The molecule has 4 nitrogen and oxygen atoms in total. The van der Waals surface area contributed by atoms with Gasteiger partial charge in [0.25, 0.3) is 5.56 Å². The van der Waals surface area contributed by atoms with Crippen LogP contribution in [0.25, 0.3) is 11.1 Å². The topological polar surface area (TPSA) is 70.2 Å². The highest BCUT2D eigenvalue weighted by atomic mass is 35.5. The second kappa shape index (κ2) is 5.47. The van der Waals surface area contributed by atoms with Crippen molar-refractivity contribution in [3.63, 3.8) is 0 Å². The predicted octanol–water partition coefficient (Wildman–Crippen LogP) is 2.98. The molecule has 0 saturated carbocycles. The SMILES string of the molecule is O=C(O)Cc1cc(-c2ccc(Cl)c(Cl)c2)c[nH]c1=O. The van der Waals surface area contributed by atoms with Gasteiger partial charge < -0.3 is 10.1 Å². The van der Waals surface area contributed by atoms with E-state index in [1.165, 1.54) is 12.3 Å². The van der Waals surface area contributed by atoms with E-state index in [9.17, 15) is 9.59 Å². The average Bonchev–Trinajstić information content (AvgIpc) is 2.35. The number of carbonyl (C=O) groups is 1. The number of aromatic nitrogens is 1.